The van der Waals surface area contributed by atoms with Crippen LogP contribution in [0.5, 0.6) is 0 Å². The van der Waals surface area contributed by atoms with Crippen LogP contribution in [0.4, 0.5) is 11.4 Å². The number of amides is 3. The van der Waals surface area contributed by atoms with Gasteiger partial charge < -0.3 is 5.32 Å². The fourth-order valence-corrected chi connectivity index (χ4v) is 6.77. The highest BCUT2D eigenvalue weighted by atomic mass is 16.2. The van der Waals surface area contributed by atoms with E-state index in [1.165, 1.54) is 4.90 Å². The van der Waals surface area contributed by atoms with Crippen LogP contribution < -0.4 is 10.2 Å². The zero-order valence-corrected chi connectivity index (χ0v) is 21.1. The predicted molar refractivity (Wildman–Crippen MR) is 146 cm³/mol. The monoisotopic (exact) mass is 498 g/mol. The standard InChI is InChI=1S/C33H26N2O3/c1-18-8-7-13-26(19(18)2)34-31(36)20-14-16-21(17-15-20)35-32(37)29-27-22-9-3-4-10-23(22)28(30(29)33(35)38)25-12-6-5-11-24(25)27/h3-17,27-30H,1-2H3,(H,34,36)/t27?,28?,29-,30-/m1/s1. The van der Waals surface area contributed by atoms with Crippen LogP contribution in [-0.2, 0) is 9.59 Å². The average Bonchev–Trinajstić information content (AvgIpc) is 3.21. The molecule has 38 heavy (non-hydrogen) atoms. The highest BCUT2D eigenvalue weighted by Crippen LogP contribution is 2.61. The molecule has 1 N–H and O–H groups in total. The van der Waals surface area contributed by atoms with Gasteiger partial charge >= 0.3 is 0 Å². The van der Waals surface area contributed by atoms with Crippen LogP contribution >= 0.6 is 0 Å². The molecule has 8 rings (SSSR count). The molecule has 1 saturated heterocycles. The number of hydrogen-bond acceptors (Lipinski definition) is 3. The van der Waals surface area contributed by atoms with Crippen molar-refractivity contribution in [2.45, 2.75) is 25.7 Å². The van der Waals surface area contributed by atoms with Crippen LogP contribution in [0.25, 0.3) is 0 Å². The second kappa shape index (κ2) is 8.25. The number of carbonyl (C=O) groups is 3. The smallest absolute Gasteiger partial charge is 0.255 e. The number of aryl methyl sites for hydroxylation is 1. The molecular formula is C33H26N2O3. The molecule has 4 aromatic carbocycles. The van der Waals surface area contributed by atoms with Gasteiger partial charge in [0.15, 0.2) is 0 Å². The topological polar surface area (TPSA) is 66.5 Å². The maximum atomic E-state index is 13.9. The van der Waals surface area contributed by atoms with Gasteiger partial charge in [-0.05, 0) is 77.6 Å². The molecule has 5 heteroatoms. The van der Waals surface area contributed by atoms with Gasteiger partial charge in [-0.25, -0.2) is 4.90 Å². The van der Waals surface area contributed by atoms with E-state index in [4.69, 9.17) is 0 Å². The number of anilines is 2. The summed E-state index contributed by atoms with van der Waals surface area (Å²) in [4.78, 5) is 42.1. The normalized spacial score (nSPS) is 22.6. The summed E-state index contributed by atoms with van der Waals surface area (Å²) in [5.41, 5.74) is 8.46. The number of rotatable bonds is 3. The molecule has 1 heterocycles. The number of imide groups is 1. The fraction of sp³-hybridized carbons (Fsp3) is 0.182. The molecule has 1 aliphatic heterocycles. The SMILES string of the molecule is Cc1cccc(NC(=O)c2ccc(N3C(=O)[C@@H]4C5c6ccccc6C(c6ccccc65)[C@H]4C3=O)cc2)c1C. The minimum absolute atomic E-state index is 0.138. The minimum atomic E-state index is -0.426. The maximum Gasteiger partial charge on any atom is 0.255 e. The molecule has 2 atom stereocenters. The molecule has 2 bridgehead atoms. The van der Waals surface area contributed by atoms with Crippen molar-refractivity contribution >= 4 is 29.1 Å². The summed E-state index contributed by atoms with van der Waals surface area (Å²) in [7, 11) is 0. The Balaban J connectivity index is 1.21. The molecule has 0 unspecified atom stereocenters. The Morgan fingerprint density at radius 1 is 0.658 bits per heavy atom. The molecule has 0 spiro atoms. The molecule has 3 aliphatic carbocycles. The summed E-state index contributed by atoms with van der Waals surface area (Å²) in [5.74, 6) is -1.68. The Labute approximate surface area is 221 Å². The molecule has 4 aliphatic rings. The molecule has 0 radical (unpaired) electrons. The molecule has 186 valence electrons. The van der Waals surface area contributed by atoms with Crippen molar-refractivity contribution in [3.8, 4) is 0 Å². The zero-order valence-electron chi connectivity index (χ0n) is 21.1. The first-order valence-electron chi connectivity index (χ1n) is 13.0. The minimum Gasteiger partial charge on any atom is -0.322 e. The van der Waals surface area contributed by atoms with Gasteiger partial charge in [0.2, 0.25) is 11.8 Å². The molecule has 0 aromatic heterocycles. The molecule has 1 fully saturated rings. The van der Waals surface area contributed by atoms with E-state index in [-0.39, 0.29) is 29.6 Å². The van der Waals surface area contributed by atoms with Crippen molar-refractivity contribution in [3.05, 3.63) is 130 Å². The third kappa shape index (κ3) is 3.08. The van der Waals surface area contributed by atoms with Gasteiger partial charge in [0.25, 0.3) is 5.91 Å². The van der Waals surface area contributed by atoms with E-state index < -0.39 is 11.8 Å². The first-order chi connectivity index (χ1) is 18.5. The fourth-order valence-electron chi connectivity index (χ4n) is 6.77. The summed E-state index contributed by atoms with van der Waals surface area (Å²) in [6.07, 6.45) is 0. The molecule has 0 saturated carbocycles. The van der Waals surface area contributed by atoms with Crippen molar-refractivity contribution in [1.29, 1.82) is 0 Å². The summed E-state index contributed by atoms with van der Waals surface area (Å²) in [6, 6.07) is 29.0. The summed E-state index contributed by atoms with van der Waals surface area (Å²) in [5, 5.41) is 2.97. The van der Waals surface area contributed by atoms with Gasteiger partial charge in [-0.1, -0.05) is 60.7 Å². The lowest BCUT2D eigenvalue weighted by Crippen LogP contribution is -2.41. The lowest BCUT2D eigenvalue weighted by Gasteiger charge is -2.45. The van der Waals surface area contributed by atoms with Gasteiger partial charge in [-0.3, -0.25) is 14.4 Å². The Morgan fingerprint density at radius 3 is 1.66 bits per heavy atom. The quantitative estimate of drug-likeness (QED) is 0.355. The van der Waals surface area contributed by atoms with Gasteiger partial charge in [-0.2, -0.15) is 0 Å². The van der Waals surface area contributed by atoms with E-state index in [9.17, 15) is 14.4 Å². The van der Waals surface area contributed by atoms with Crippen molar-refractivity contribution < 1.29 is 14.4 Å². The molecule has 4 aromatic rings. The van der Waals surface area contributed by atoms with Gasteiger partial charge in [0.1, 0.15) is 0 Å². The number of hydrogen-bond donors (Lipinski definition) is 1. The Hall–Kier alpha value is -4.51. The van der Waals surface area contributed by atoms with Gasteiger partial charge in [0, 0.05) is 23.1 Å². The van der Waals surface area contributed by atoms with Crippen molar-refractivity contribution in [3.63, 3.8) is 0 Å². The Morgan fingerprint density at radius 2 is 1.16 bits per heavy atom. The number of carbonyl (C=O) groups excluding carboxylic acids is 3. The van der Waals surface area contributed by atoms with Gasteiger partial charge in [0.05, 0.1) is 17.5 Å². The molecule has 3 amide bonds. The summed E-state index contributed by atoms with van der Waals surface area (Å²) >= 11 is 0. The van der Waals surface area contributed by atoms with E-state index in [0.29, 0.717) is 11.3 Å². The largest absolute Gasteiger partial charge is 0.322 e. The van der Waals surface area contributed by atoms with E-state index >= 15 is 0 Å². The zero-order chi connectivity index (χ0) is 26.1. The Bertz CT molecular complexity index is 1540. The first-order valence-corrected chi connectivity index (χ1v) is 13.0. The first kappa shape index (κ1) is 22.7. The highest BCUT2D eigenvalue weighted by Gasteiger charge is 2.61. The highest BCUT2D eigenvalue weighted by molar-refractivity contribution is 6.23. The number of nitrogens with zero attached hydrogens (tertiary/aromatic N) is 1. The second-order valence-corrected chi connectivity index (χ2v) is 10.5. The second-order valence-electron chi connectivity index (χ2n) is 10.5. The van der Waals surface area contributed by atoms with Crippen LogP contribution in [0.1, 0.15) is 55.6 Å². The lowest BCUT2D eigenvalue weighted by atomic mass is 9.55. The van der Waals surface area contributed by atoms with Crippen LogP contribution in [-0.4, -0.2) is 17.7 Å². The van der Waals surface area contributed by atoms with Crippen molar-refractivity contribution in [2.24, 2.45) is 11.8 Å². The third-order valence-electron chi connectivity index (χ3n) is 8.69. The van der Waals surface area contributed by atoms with E-state index in [0.717, 1.165) is 39.1 Å². The molecule has 5 nitrogen and oxygen atoms in total. The third-order valence-corrected chi connectivity index (χ3v) is 8.69. The van der Waals surface area contributed by atoms with Crippen LogP contribution in [0.2, 0.25) is 0 Å². The van der Waals surface area contributed by atoms with Crippen LogP contribution in [0.3, 0.4) is 0 Å². The number of nitrogens with one attached hydrogen (secondary N) is 1. The van der Waals surface area contributed by atoms with Gasteiger partial charge in [-0.15, -0.1) is 0 Å². The molecular weight excluding hydrogens is 472 g/mol. The van der Waals surface area contributed by atoms with E-state index in [1.54, 1.807) is 24.3 Å². The Kier molecular flexibility index (Phi) is 4.92. The van der Waals surface area contributed by atoms with E-state index in [1.807, 2.05) is 56.3 Å². The number of benzene rings is 4. The average molecular weight is 499 g/mol. The summed E-state index contributed by atoms with van der Waals surface area (Å²) in [6.45, 7) is 3.98. The van der Waals surface area contributed by atoms with Crippen LogP contribution in [0, 0.1) is 25.7 Å². The summed E-state index contributed by atoms with van der Waals surface area (Å²) < 4.78 is 0. The van der Waals surface area contributed by atoms with Crippen molar-refractivity contribution in [2.75, 3.05) is 10.2 Å². The van der Waals surface area contributed by atoms with Crippen LogP contribution in [0.15, 0.2) is 91.0 Å². The maximum absolute atomic E-state index is 13.9. The van der Waals surface area contributed by atoms with E-state index in [2.05, 4.69) is 29.6 Å². The van der Waals surface area contributed by atoms with Crippen molar-refractivity contribution in [1.82, 2.24) is 0 Å². The predicted octanol–water partition coefficient (Wildman–Crippen LogP) is 5.95. The lowest BCUT2D eigenvalue weighted by molar-refractivity contribution is -0.122.